The summed E-state index contributed by atoms with van der Waals surface area (Å²) in [5, 5.41) is 5.01. The summed E-state index contributed by atoms with van der Waals surface area (Å²) >= 11 is 0. The standard InChI is InChI=1S/C19H26N2O5/c1-3-25-16-12-8-7-11-15(16)18(23)26-13(2)17(22)21-19(24)20-14-9-5-4-6-10-14/h7-8,11-14H,3-6,9-10H2,1-2H3,(H2,20,21,22,24)/t13-/m1/s1. The predicted octanol–water partition coefficient (Wildman–Crippen LogP) is 2.79. The highest BCUT2D eigenvalue weighted by atomic mass is 16.5. The summed E-state index contributed by atoms with van der Waals surface area (Å²) in [6.45, 7) is 3.63. The van der Waals surface area contributed by atoms with Crippen LogP contribution in [0, 0.1) is 0 Å². The van der Waals surface area contributed by atoms with Gasteiger partial charge in [-0.05, 0) is 38.8 Å². The Morgan fingerprint density at radius 2 is 1.85 bits per heavy atom. The minimum absolute atomic E-state index is 0.0903. The number of rotatable bonds is 6. The third-order valence-corrected chi connectivity index (χ3v) is 4.24. The Kier molecular flexibility index (Phi) is 7.44. The molecule has 1 aromatic carbocycles. The normalized spacial score (nSPS) is 15.6. The van der Waals surface area contributed by atoms with Gasteiger partial charge in [0.1, 0.15) is 11.3 Å². The van der Waals surface area contributed by atoms with Gasteiger partial charge in [-0.25, -0.2) is 9.59 Å². The van der Waals surface area contributed by atoms with Crippen molar-refractivity contribution < 1.29 is 23.9 Å². The fraction of sp³-hybridized carbons (Fsp3) is 0.526. The fourth-order valence-corrected chi connectivity index (χ4v) is 2.88. The van der Waals surface area contributed by atoms with Crippen LogP contribution >= 0.6 is 0 Å². The Morgan fingerprint density at radius 1 is 1.15 bits per heavy atom. The summed E-state index contributed by atoms with van der Waals surface area (Å²) in [6, 6.07) is 6.18. The van der Waals surface area contributed by atoms with Gasteiger partial charge in [0.2, 0.25) is 0 Å². The number of hydrogen-bond acceptors (Lipinski definition) is 5. The molecule has 7 heteroatoms. The molecule has 0 aromatic heterocycles. The maximum Gasteiger partial charge on any atom is 0.342 e. The number of hydrogen-bond donors (Lipinski definition) is 2. The van der Waals surface area contributed by atoms with E-state index < -0.39 is 24.0 Å². The molecule has 142 valence electrons. The highest BCUT2D eigenvalue weighted by Crippen LogP contribution is 2.19. The Labute approximate surface area is 153 Å². The Hall–Kier alpha value is -2.57. The fourth-order valence-electron chi connectivity index (χ4n) is 2.88. The second kappa shape index (κ2) is 9.79. The predicted molar refractivity (Wildman–Crippen MR) is 96.0 cm³/mol. The lowest BCUT2D eigenvalue weighted by molar-refractivity contribution is -0.127. The van der Waals surface area contributed by atoms with Crippen molar-refractivity contribution >= 4 is 17.9 Å². The number of para-hydroxylation sites is 1. The van der Waals surface area contributed by atoms with Crippen molar-refractivity contribution in [2.75, 3.05) is 6.61 Å². The summed E-state index contributed by atoms with van der Waals surface area (Å²) < 4.78 is 10.5. The molecule has 0 spiro atoms. The van der Waals surface area contributed by atoms with Gasteiger partial charge in [0.25, 0.3) is 5.91 Å². The van der Waals surface area contributed by atoms with Gasteiger partial charge < -0.3 is 14.8 Å². The summed E-state index contributed by atoms with van der Waals surface area (Å²) in [4.78, 5) is 36.3. The minimum atomic E-state index is -1.10. The summed E-state index contributed by atoms with van der Waals surface area (Å²) in [5.74, 6) is -0.951. The van der Waals surface area contributed by atoms with E-state index in [0.29, 0.717) is 12.4 Å². The van der Waals surface area contributed by atoms with Gasteiger partial charge >= 0.3 is 12.0 Å². The van der Waals surface area contributed by atoms with Gasteiger partial charge in [-0.15, -0.1) is 0 Å². The first kappa shape index (κ1) is 19.8. The highest BCUT2D eigenvalue weighted by molar-refractivity contribution is 5.99. The molecule has 1 atom stereocenters. The zero-order chi connectivity index (χ0) is 18.9. The number of amides is 3. The maximum atomic E-state index is 12.3. The second-order valence-corrected chi connectivity index (χ2v) is 6.27. The molecule has 3 amide bonds. The molecule has 0 bridgehead atoms. The lowest BCUT2D eigenvalue weighted by Crippen LogP contribution is -2.48. The topological polar surface area (TPSA) is 93.7 Å². The van der Waals surface area contributed by atoms with E-state index in [-0.39, 0.29) is 11.6 Å². The lowest BCUT2D eigenvalue weighted by Gasteiger charge is -2.23. The van der Waals surface area contributed by atoms with Crippen molar-refractivity contribution in [3.8, 4) is 5.75 Å². The molecule has 1 saturated carbocycles. The number of carbonyl (C=O) groups is 3. The second-order valence-electron chi connectivity index (χ2n) is 6.27. The van der Waals surface area contributed by atoms with Crippen molar-refractivity contribution in [1.29, 1.82) is 0 Å². The largest absolute Gasteiger partial charge is 0.493 e. The van der Waals surface area contributed by atoms with Crippen LogP contribution in [0.2, 0.25) is 0 Å². The molecule has 26 heavy (non-hydrogen) atoms. The molecule has 0 aliphatic heterocycles. The van der Waals surface area contributed by atoms with Crippen molar-refractivity contribution in [3.63, 3.8) is 0 Å². The van der Waals surface area contributed by atoms with Gasteiger partial charge in [-0.3, -0.25) is 10.1 Å². The molecule has 1 fully saturated rings. The van der Waals surface area contributed by atoms with Crippen LogP contribution in [0.25, 0.3) is 0 Å². The first-order valence-electron chi connectivity index (χ1n) is 9.05. The van der Waals surface area contributed by atoms with Gasteiger partial charge in [0, 0.05) is 6.04 Å². The molecule has 1 aliphatic rings. The summed E-state index contributed by atoms with van der Waals surface area (Å²) in [5.41, 5.74) is 0.237. The number of carbonyl (C=O) groups excluding carboxylic acids is 3. The highest BCUT2D eigenvalue weighted by Gasteiger charge is 2.24. The van der Waals surface area contributed by atoms with Crippen LogP contribution in [0.15, 0.2) is 24.3 Å². The van der Waals surface area contributed by atoms with Crippen molar-refractivity contribution in [2.45, 2.75) is 58.1 Å². The molecule has 2 rings (SSSR count). The SMILES string of the molecule is CCOc1ccccc1C(=O)O[C@H](C)C(=O)NC(=O)NC1CCCCC1. The molecule has 1 aliphatic carbocycles. The van der Waals surface area contributed by atoms with Crippen molar-refractivity contribution in [1.82, 2.24) is 10.6 Å². The molecule has 0 heterocycles. The third-order valence-electron chi connectivity index (χ3n) is 4.24. The van der Waals surface area contributed by atoms with E-state index in [2.05, 4.69) is 10.6 Å². The van der Waals surface area contributed by atoms with Crippen LogP contribution in [0.3, 0.4) is 0 Å². The number of imide groups is 1. The first-order valence-corrected chi connectivity index (χ1v) is 9.05. The van der Waals surface area contributed by atoms with Gasteiger partial charge in [0.05, 0.1) is 6.61 Å². The van der Waals surface area contributed by atoms with E-state index in [0.717, 1.165) is 25.7 Å². The third kappa shape index (κ3) is 5.75. The molecule has 0 saturated heterocycles. The molecule has 2 N–H and O–H groups in total. The summed E-state index contributed by atoms with van der Waals surface area (Å²) in [7, 11) is 0. The van der Waals surface area contributed by atoms with E-state index >= 15 is 0 Å². The Balaban J connectivity index is 1.86. The quantitative estimate of drug-likeness (QED) is 0.759. The molecule has 0 radical (unpaired) electrons. The lowest BCUT2D eigenvalue weighted by atomic mass is 9.96. The molecule has 1 aromatic rings. The van der Waals surface area contributed by atoms with Crippen LogP contribution < -0.4 is 15.4 Å². The van der Waals surface area contributed by atoms with Gasteiger partial charge in [0.15, 0.2) is 6.10 Å². The summed E-state index contributed by atoms with van der Waals surface area (Å²) in [6.07, 6.45) is 4.06. The van der Waals surface area contributed by atoms with Crippen LogP contribution in [0.5, 0.6) is 5.75 Å². The first-order chi connectivity index (χ1) is 12.5. The average Bonchev–Trinajstić information content (AvgIpc) is 2.63. The van der Waals surface area contributed by atoms with E-state index in [1.54, 1.807) is 24.3 Å². The Bertz CT molecular complexity index is 641. The zero-order valence-corrected chi connectivity index (χ0v) is 15.2. The number of nitrogens with one attached hydrogen (secondary N) is 2. The van der Waals surface area contributed by atoms with Crippen molar-refractivity contribution in [3.05, 3.63) is 29.8 Å². The van der Waals surface area contributed by atoms with Gasteiger partial charge in [-0.2, -0.15) is 0 Å². The number of esters is 1. The van der Waals surface area contributed by atoms with E-state index in [9.17, 15) is 14.4 Å². The van der Waals surface area contributed by atoms with E-state index in [4.69, 9.17) is 9.47 Å². The van der Waals surface area contributed by atoms with Crippen LogP contribution in [-0.2, 0) is 9.53 Å². The average molecular weight is 362 g/mol. The molecular formula is C19H26N2O5. The number of benzene rings is 1. The van der Waals surface area contributed by atoms with Crippen LogP contribution in [0.1, 0.15) is 56.3 Å². The monoisotopic (exact) mass is 362 g/mol. The van der Waals surface area contributed by atoms with Gasteiger partial charge in [-0.1, -0.05) is 31.4 Å². The molecule has 7 nitrogen and oxygen atoms in total. The van der Waals surface area contributed by atoms with E-state index in [1.807, 2.05) is 6.92 Å². The van der Waals surface area contributed by atoms with Crippen LogP contribution in [-0.4, -0.2) is 36.7 Å². The smallest absolute Gasteiger partial charge is 0.342 e. The van der Waals surface area contributed by atoms with Crippen molar-refractivity contribution in [2.24, 2.45) is 0 Å². The Morgan fingerprint density at radius 3 is 2.54 bits per heavy atom. The van der Waals surface area contributed by atoms with Crippen LogP contribution in [0.4, 0.5) is 4.79 Å². The zero-order valence-electron chi connectivity index (χ0n) is 15.2. The molecule has 0 unspecified atom stereocenters. The van der Waals surface area contributed by atoms with E-state index in [1.165, 1.54) is 13.3 Å². The minimum Gasteiger partial charge on any atom is -0.493 e. The maximum absolute atomic E-state index is 12.3. The molecular weight excluding hydrogens is 336 g/mol. The number of ether oxygens (including phenoxy) is 2. The number of urea groups is 1.